The van der Waals surface area contributed by atoms with Crippen LogP contribution in [0.5, 0.6) is 0 Å². The van der Waals surface area contributed by atoms with Gasteiger partial charge >= 0.3 is 0 Å². The van der Waals surface area contributed by atoms with Crippen LogP contribution in [0.15, 0.2) is 0 Å². The zero-order chi connectivity index (χ0) is 5.41. The summed E-state index contributed by atoms with van der Waals surface area (Å²) in [6.07, 6.45) is 0.750. The normalized spacial score (nSPS) is 6.17. The third-order valence-corrected chi connectivity index (χ3v) is 0. The van der Waals surface area contributed by atoms with Gasteiger partial charge in [-0.05, 0) is 0 Å². The SMILES string of the molecule is N=C=O.O=[PH2]O. The number of isocyanates is 1. The van der Waals surface area contributed by atoms with Crippen LogP contribution in [0.4, 0.5) is 0 Å². The second-order valence-corrected chi connectivity index (χ2v) is 0.418. The lowest BCUT2D eigenvalue weighted by molar-refractivity contribution is 0.524. The number of hydrogen-bond acceptors (Lipinski definition) is 3. The fourth-order valence-electron chi connectivity index (χ4n) is 0. The lowest BCUT2D eigenvalue weighted by Crippen LogP contribution is -1.16. The molecule has 0 saturated carbocycles. The fraction of sp³-hybridized carbons (Fsp3) is 0. The van der Waals surface area contributed by atoms with Gasteiger partial charge in [-0.25, -0.2) is 10.2 Å². The van der Waals surface area contributed by atoms with Crippen LogP contribution in [0.1, 0.15) is 0 Å². The molecule has 4 nitrogen and oxygen atoms in total. The molecule has 0 spiro atoms. The van der Waals surface area contributed by atoms with Crippen molar-refractivity contribution in [2.75, 3.05) is 0 Å². The van der Waals surface area contributed by atoms with E-state index in [9.17, 15) is 0 Å². The minimum Gasteiger partial charge on any atom is -0.348 e. The first-order valence-electron chi connectivity index (χ1n) is 0.948. The smallest absolute Gasteiger partial charge is 0.231 e. The van der Waals surface area contributed by atoms with Crippen molar-refractivity contribution < 1.29 is 14.3 Å². The van der Waals surface area contributed by atoms with Crippen molar-refractivity contribution in [3.05, 3.63) is 0 Å². The number of hydrogen-bond donors (Lipinski definition) is 2. The quantitative estimate of drug-likeness (QED) is 0.251. The monoisotopic (exact) mass is 109 g/mol. The molecule has 36 valence electrons. The summed E-state index contributed by atoms with van der Waals surface area (Å²) < 4.78 is 8.57. The van der Waals surface area contributed by atoms with E-state index in [1.54, 1.807) is 0 Å². The van der Waals surface area contributed by atoms with Gasteiger partial charge in [0, 0.05) is 0 Å². The Kier molecular flexibility index (Phi) is 35.9. The van der Waals surface area contributed by atoms with Crippen molar-refractivity contribution in [3.8, 4) is 0 Å². The Balaban J connectivity index is 0. The molecule has 0 aromatic rings. The second-order valence-electron chi connectivity index (χ2n) is 0.207. The van der Waals surface area contributed by atoms with Crippen LogP contribution in [-0.2, 0) is 9.36 Å². The summed E-state index contributed by atoms with van der Waals surface area (Å²) in [5, 5.41) is 5.40. The Labute approximate surface area is 35.6 Å². The van der Waals surface area contributed by atoms with Crippen LogP contribution < -0.4 is 0 Å². The van der Waals surface area contributed by atoms with Gasteiger partial charge in [-0.15, -0.1) is 0 Å². The third-order valence-electron chi connectivity index (χ3n) is 0. The first kappa shape index (κ1) is 9.13. The molecule has 0 aliphatic carbocycles. The summed E-state index contributed by atoms with van der Waals surface area (Å²) >= 11 is 0. The molecular formula is CH4NO3P. The number of carbonyl (C=O) groups excluding carboxylic acids is 1. The van der Waals surface area contributed by atoms with E-state index in [1.165, 1.54) is 0 Å². The zero-order valence-corrected chi connectivity index (χ0v) is 4.00. The molecule has 0 aromatic carbocycles. The Hall–Kier alpha value is -0.430. The molecule has 5 heteroatoms. The molecule has 1 atom stereocenters. The Morgan fingerprint density at radius 2 is 1.83 bits per heavy atom. The third kappa shape index (κ3) is 128. The zero-order valence-electron chi connectivity index (χ0n) is 2.84. The van der Waals surface area contributed by atoms with Crippen molar-refractivity contribution in [1.29, 1.82) is 5.41 Å². The maximum atomic E-state index is 8.57. The van der Waals surface area contributed by atoms with Gasteiger partial charge in [0.15, 0.2) is 8.69 Å². The van der Waals surface area contributed by atoms with Crippen molar-refractivity contribution in [1.82, 2.24) is 0 Å². The molecule has 0 amide bonds. The minimum absolute atomic E-state index is 0.750. The van der Waals surface area contributed by atoms with Crippen LogP contribution in [0, 0.1) is 5.41 Å². The summed E-state index contributed by atoms with van der Waals surface area (Å²) in [5.41, 5.74) is 0. The topological polar surface area (TPSA) is 78.2 Å². The van der Waals surface area contributed by atoms with Gasteiger partial charge in [-0.1, -0.05) is 0 Å². The van der Waals surface area contributed by atoms with E-state index >= 15 is 0 Å². The molecule has 2 N–H and O–H groups in total. The van der Waals surface area contributed by atoms with Crippen LogP contribution in [0.2, 0.25) is 0 Å². The van der Waals surface area contributed by atoms with Gasteiger partial charge in [0.2, 0.25) is 6.08 Å². The van der Waals surface area contributed by atoms with Crippen molar-refractivity contribution >= 4 is 14.8 Å². The van der Waals surface area contributed by atoms with E-state index in [2.05, 4.69) is 0 Å². The molecule has 0 rings (SSSR count). The van der Waals surface area contributed by atoms with Gasteiger partial charge in [0.1, 0.15) is 0 Å². The van der Waals surface area contributed by atoms with E-state index < -0.39 is 8.69 Å². The van der Waals surface area contributed by atoms with Gasteiger partial charge in [-0.2, -0.15) is 0 Å². The molecule has 6 heavy (non-hydrogen) atoms. The van der Waals surface area contributed by atoms with E-state index in [0.29, 0.717) is 0 Å². The molecule has 0 heterocycles. The molecule has 0 aliphatic heterocycles. The predicted molar refractivity (Wildman–Crippen MR) is 21.0 cm³/mol. The van der Waals surface area contributed by atoms with E-state index in [0.717, 1.165) is 6.08 Å². The molecule has 0 bridgehead atoms. The van der Waals surface area contributed by atoms with Crippen LogP contribution in [0.25, 0.3) is 0 Å². The Morgan fingerprint density at radius 1 is 1.83 bits per heavy atom. The summed E-state index contributed by atoms with van der Waals surface area (Å²) in [6.45, 7) is 0. The van der Waals surface area contributed by atoms with Crippen molar-refractivity contribution in [3.63, 3.8) is 0 Å². The average Bonchev–Trinajstić information content (AvgIpc) is 1.39. The maximum Gasteiger partial charge on any atom is 0.231 e. The summed E-state index contributed by atoms with van der Waals surface area (Å²) in [5.74, 6) is 0. The highest BCUT2D eigenvalue weighted by Gasteiger charge is 1.17. The molecule has 0 aromatic heterocycles. The summed E-state index contributed by atoms with van der Waals surface area (Å²) in [7, 11) is -1.50. The van der Waals surface area contributed by atoms with Crippen molar-refractivity contribution in [2.45, 2.75) is 0 Å². The first-order chi connectivity index (χ1) is 2.83. The van der Waals surface area contributed by atoms with Crippen LogP contribution in [-0.4, -0.2) is 11.0 Å². The highest BCUT2D eigenvalue weighted by molar-refractivity contribution is 7.16. The summed E-state index contributed by atoms with van der Waals surface area (Å²) in [4.78, 5) is 15.4. The predicted octanol–water partition coefficient (Wildman–Crippen LogP) is -0.449. The largest absolute Gasteiger partial charge is 0.348 e. The second kappa shape index (κ2) is 23.6. The van der Waals surface area contributed by atoms with Crippen LogP contribution >= 0.6 is 8.69 Å². The van der Waals surface area contributed by atoms with Gasteiger partial charge in [0.05, 0.1) is 0 Å². The van der Waals surface area contributed by atoms with Gasteiger partial charge in [0.25, 0.3) is 0 Å². The molecule has 0 aliphatic rings. The number of nitrogens with one attached hydrogen (secondary N) is 1. The minimum atomic E-state index is -1.50. The van der Waals surface area contributed by atoms with Crippen molar-refractivity contribution in [2.24, 2.45) is 0 Å². The summed E-state index contributed by atoms with van der Waals surface area (Å²) in [6, 6.07) is 0. The Morgan fingerprint density at radius 3 is 1.83 bits per heavy atom. The molecule has 0 fully saturated rings. The van der Waals surface area contributed by atoms with E-state index in [-0.39, 0.29) is 0 Å². The average molecular weight is 109 g/mol. The maximum absolute atomic E-state index is 8.57. The highest BCUT2D eigenvalue weighted by Crippen LogP contribution is 1.66. The molecule has 0 saturated heterocycles. The Bertz CT molecular complexity index is 55.8. The highest BCUT2D eigenvalue weighted by atomic mass is 31.1. The van der Waals surface area contributed by atoms with E-state index in [1.807, 2.05) is 0 Å². The number of rotatable bonds is 0. The molecule has 1 unspecified atom stereocenters. The lowest BCUT2D eigenvalue weighted by Gasteiger charge is -1.33. The fourth-order valence-corrected chi connectivity index (χ4v) is 0. The molecule has 0 radical (unpaired) electrons. The van der Waals surface area contributed by atoms with Crippen LogP contribution in [0.3, 0.4) is 0 Å². The van der Waals surface area contributed by atoms with Gasteiger partial charge < -0.3 is 4.89 Å². The van der Waals surface area contributed by atoms with E-state index in [4.69, 9.17) is 19.7 Å². The first-order valence-corrected chi connectivity index (χ1v) is 1.94. The molecular weight excluding hydrogens is 105 g/mol. The van der Waals surface area contributed by atoms with Gasteiger partial charge in [-0.3, -0.25) is 4.57 Å². The lowest BCUT2D eigenvalue weighted by atomic mass is 11.7. The standard InChI is InChI=1S/CHNO.H3O2P/c2-1-3;1-3-2/h2H;3H2,(H,1,2).